The van der Waals surface area contributed by atoms with Crippen LogP contribution in [0.3, 0.4) is 0 Å². The van der Waals surface area contributed by atoms with Crippen LogP contribution in [0.25, 0.3) is 0 Å². The van der Waals surface area contributed by atoms with Gasteiger partial charge in [-0.15, -0.1) is 0 Å². The van der Waals surface area contributed by atoms with Crippen molar-refractivity contribution in [3.05, 3.63) is 0 Å². The summed E-state index contributed by atoms with van der Waals surface area (Å²) < 4.78 is 16.7. The normalized spacial score (nSPS) is 11.9. The first-order chi connectivity index (χ1) is 26.4. The van der Waals surface area contributed by atoms with E-state index in [1.807, 2.05) is 0 Å². The summed E-state index contributed by atoms with van der Waals surface area (Å²) in [5.41, 5.74) is 0. The van der Waals surface area contributed by atoms with Crippen molar-refractivity contribution in [1.82, 2.24) is 0 Å². The molecule has 0 saturated carbocycles. The molecule has 0 unspecified atom stereocenters. The summed E-state index contributed by atoms with van der Waals surface area (Å²) in [6.07, 6.45) is 42.3. The molecule has 0 radical (unpaired) electrons. The van der Waals surface area contributed by atoms with Crippen LogP contribution in [0.15, 0.2) is 0 Å². The Labute approximate surface area is 336 Å². The lowest BCUT2D eigenvalue weighted by Gasteiger charge is -2.18. The molecule has 0 amide bonds. The van der Waals surface area contributed by atoms with Gasteiger partial charge in [0.15, 0.2) is 6.10 Å². The van der Waals surface area contributed by atoms with Gasteiger partial charge in [0.1, 0.15) is 13.2 Å². The molecule has 54 heavy (non-hydrogen) atoms. The Bertz CT molecular complexity index is 811. The fraction of sp³-hybridized carbons (Fsp3) is 0.938. The number of ether oxygens (including phenoxy) is 3. The van der Waals surface area contributed by atoms with Crippen molar-refractivity contribution in [2.45, 2.75) is 271 Å². The van der Waals surface area contributed by atoms with Crippen LogP contribution in [0.5, 0.6) is 0 Å². The van der Waals surface area contributed by atoms with Crippen molar-refractivity contribution in [2.24, 2.45) is 5.92 Å². The van der Waals surface area contributed by atoms with Gasteiger partial charge in [-0.2, -0.15) is 0 Å². The van der Waals surface area contributed by atoms with Crippen LogP contribution < -0.4 is 0 Å². The van der Waals surface area contributed by atoms with E-state index in [2.05, 4.69) is 27.7 Å². The van der Waals surface area contributed by atoms with Crippen molar-refractivity contribution >= 4 is 17.9 Å². The maximum atomic E-state index is 12.7. The predicted octanol–water partition coefficient (Wildman–Crippen LogP) is 15.1. The predicted molar refractivity (Wildman–Crippen MR) is 229 cm³/mol. The SMILES string of the molecule is CCCCCCCCCCCCCCCCCC(=O)OC[C@@H](COC(=O)CCCCCCCCCCCCC)OC(=O)CCCCCCCCCC(C)C. The molecule has 0 rings (SSSR count). The summed E-state index contributed by atoms with van der Waals surface area (Å²) in [7, 11) is 0. The largest absolute Gasteiger partial charge is 0.462 e. The van der Waals surface area contributed by atoms with Gasteiger partial charge in [0, 0.05) is 19.3 Å². The number of unbranched alkanes of at least 4 members (excludes halogenated alkanes) is 30. The fourth-order valence-electron chi connectivity index (χ4n) is 7.16. The second kappa shape index (κ2) is 42.6. The molecule has 0 spiro atoms. The minimum Gasteiger partial charge on any atom is -0.462 e. The molecular weight excluding hydrogens is 673 g/mol. The van der Waals surface area contributed by atoms with Crippen molar-refractivity contribution in [2.75, 3.05) is 13.2 Å². The summed E-state index contributed by atoms with van der Waals surface area (Å²) in [4.78, 5) is 37.7. The van der Waals surface area contributed by atoms with E-state index in [1.165, 1.54) is 161 Å². The number of carbonyl (C=O) groups excluding carboxylic acids is 3. The van der Waals surface area contributed by atoms with Crippen LogP contribution in [0.2, 0.25) is 0 Å². The Kier molecular flexibility index (Phi) is 41.3. The third-order valence-corrected chi connectivity index (χ3v) is 10.8. The zero-order chi connectivity index (χ0) is 39.6. The van der Waals surface area contributed by atoms with Crippen LogP contribution in [0, 0.1) is 5.92 Å². The van der Waals surface area contributed by atoms with Gasteiger partial charge in [-0.05, 0) is 25.2 Å². The molecule has 0 aliphatic heterocycles. The average molecular weight is 765 g/mol. The minimum atomic E-state index is -0.759. The van der Waals surface area contributed by atoms with E-state index in [0.29, 0.717) is 19.3 Å². The van der Waals surface area contributed by atoms with Crippen LogP contribution in [-0.4, -0.2) is 37.2 Å². The summed E-state index contributed by atoms with van der Waals surface area (Å²) >= 11 is 0. The van der Waals surface area contributed by atoms with Crippen molar-refractivity contribution in [3.63, 3.8) is 0 Å². The lowest BCUT2D eigenvalue weighted by atomic mass is 10.0. The molecule has 0 heterocycles. The molecule has 0 aromatic rings. The Morgan fingerprint density at radius 3 is 0.907 bits per heavy atom. The van der Waals surface area contributed by atoms with Crippen LogP contribution >= 0.6 is 0 Å². The van der Waals surface area contributed by atoms with E-state index in [4.69, 9.17) is 14.2 Å². The molecule has 6 nitrogen and oxygen atoms in total. The zero-order valence-electron chi connectivity index (χ0n) is 36.7. The Morgan fingerprint density at radius 1 is 0.352 bits per heavy atom. The van der Waals surface area contributed by atoms with Gasteiger partial charge in [0.25, 0.3) is 0 Å². The first-order valence-corrected chi connectivity index (χ1v) is 23.9. The van der Waals surface area contributed by atoms with Gasteiger partial charge in [0.2, 0.25) is 0 Å². The standard InChI is InChI=1S/C48H92O6/c1-5-7-9-11-13-15-17-18-19-20-22-24-28-32-36-40-47(50)53-43-45(54-48(51)41-37-33-29-25-26-30-34-38-44(3)4)42-52-46(49)39-35-31-27-23-21-16-14-12-10-8-6-2/h44-45H,5-43H2,1-4H3/t45-/m1/s1. The van der Waals surface area contributed by atoms with Crippen LogP contribution in [0.4, 0.5) is 0 Å². The molecule has 0 fully saturated rings. The highest BCUT2D eigenvalue weighted by Gasteiger charge is 2.19. The summed E-state index contributed by atoms with van der Waals surface area (Å²) in [6.45, 7) is 8.95. The molecule has 1 atom stereocenters. The molecule has 0 aromatic heterocycles. The molecule has 0 aliphatic carbocycles. The number of esters is 3. The highest BCUT2D eigenvalue weighted by molar-refractivity contribution is 5.71. The highest BCUT2D eigenvalue weighted by Crippen LogP contribution is 2.16. The van der Waals surface area contributed by atoms with Gasteiger partial charge in [0.05, 0.1) is 0 Å². The molecule has 320 valence electrons. The molecular formula is C48H92O6. The van der Waals surface area contributed by atoms with E-state index in [0.717, 1.165) is 63.7 Å². The lowest BCUT2D eigenvalue weighted by molar-refractivity contribution is -0.167. The van der Waals surface area contributed by atoms with Gasteiger partial charge >= 0.3 is 17.9 Å². The molecule has 0 bridgehead atoms. The quantitative estimate of drug-likeness (QED) is 0.0349. The maximum Gasteiger partial charge on any atom is 0.306 e. The average Bonchev–Trinajstić information content (AvgIpc) is 3.15. The Hall–Kier alpha value is -1.59. The van der Waals surface area contributed by atoms with Crippen molar-refractivity contribution in [3.8, 4) is 0 Å². The van der Waals surface area contributed by atoms with Gasteiger partial charge in [-0.25, -0.2) is 0 Å². The summed E-state index contributed by atoms with van der Waals surface area (Å²) in [6, 6.07) is 0. The number of hydrogen-bond donors (Lipinski definition) is 0. The van der Waals surface area contributed by atoms with E-state index < -0.39 is 6.10 Å². The monoisotopic (exact) mass is 765 g/mol. The topological polar surface area (TPSA) is 78.9 Å². The number of hydrogen-bond acceptors (Lipinski definition) is 6. The molecule has 6 heteroatoms. The third-order valence-electron chi connectivity index (χ3n) is 10.8. The van der Waals surface area contributed by atoms with E-state index in [1.54, 1.807) is 0 Å². The van der Waals surface area contributed by atoms with Crippen LogP contribution in [0.1, 0.15) is 265 Å². The number of carbonyl (C=O) groups is 3. The zero-order valence-corrected chi connectivity index (χ0v) is 36.7. The smallest absolute Gasteiger partial charge is 0.306 e. The van der Waals surface area contributed by atoms with Crippen LogP contribution in [-0.2, 0) is 28.6 Å². The first-order valence-electron chi connectivity index (χ1n) is 23.9. The van der Waals surface area contributed by atoms with E-state index >= 15 is 0 Å². The van der Waals surface area contributed by atoms with Crippen molar-refractivity contribution in [1.29, 1.82) is 0 Å². The molecule has 0 aromatic carbocycles. The highest BCUT2D eigenvalue weighted by atomic mass is 16.6. The maximum absolute atomic E-state index is 12.7. The molecule has 0 aliphatic rings. The van der Waals surface area contributed by atoms with Gasteiger partial charge < -0.3 is 14.2 Å². The second-order valence-corrected chi connectivity index (χ2v) is 16.9. The first kappa shape index (κ1) is 52.4. The second-order valence-electron chi connectivity index (χ2n) is 16.9. The van der Waals surface area contributed by atoms with Gasteiger partial charge in [-0.1, -0.05) is 227 Å². The van der Waals surface area contributed by atoms with E-state index in [-0.39, 0.29) is 31.1 Å². The Balaban J connectivity index is 4.28. The number of rotatable bonds is 43. The fourth-order valence-corrected chi connectivity index (χ4v) is 7.16. The van der Waals surface area contributed by atoms with E-state index in [9.17, 15) is 14.4 Å². The lowest BCUT2D eigenvalue weighted by Crippen LogP contribution is -2.30. The van der Waals surface area contributed by atoms with Crippen molar-refractivity contribution < 1.29 is 28.6 Å². The molecule has 0 N–H and O–H groups in total. The Morgan fingerprint density at radius 2 is 0.611 bits per heavy atom. The summed E-state index contributed by atoms with van der Waals surface area (Å²) in [5.74, 6) is -0.0761. The third kappa shape index (κ3) is 41.6. The summed E-state index contributed by atoms with van der Waals surface area (Å²) in [5, 5.41) is 0. The molecule has 0 saturated heterocycles. The minimum absolute atomic E-state index is 0.0641. The van der Waals surface area contributed by atoms with Gasteiger partial charge in [-0.3, -0.25) is 14.4 Å².